The highest BCUT2D eigenvalue weighted by Gasteiger charge is 2.19. The number of carbonyl (C=O) groups excluding carboxylic acids is 1. The molecular weight excluding hydrogens is 324 g/mol. The minimum atomic E-state index is -0.475. The van der Waals surface area contributed by atoms with Gasteiger partial charge in [0.25, 0.3) is 0 Å². The predicted molar refractivity (Wildman–Crippen MR) is 100 cm³/mol. The van der Waals surface area contributed by atoms with Crippen molar-refractivity contribution in [2.75, 3.05) is 13.1 Å². The van der Waals surface area contributed by atoms with E-state index in [2.05, 4.69) is 37.5 Å². The van der Waals surface area contributed by atoms with E-state index in [1.54, 1.807) is 0 Å². The van der Waals surface area contributed by atoms with Crippen LogP contribution in [-0.4, -0.2) is 24.8 Å². The van der Waals surface area contributed by atoms with E-state index in [4.69, 9.17) is 16.3 Å². The van der Waals surface area contributed by atoms with Crippen LogP contribution in [0, 0.1) is 11.8 Å². The standard InChI is InChI=1S/C19H31ClN2O2/c1-13(2)16(12-22-18(23)24-19(4,5)6)11-21-14(3)15-8-7-9-17(20)10-15/h7-10,13-14,16,21H,11-12H2,1-6H3,(H,22,23). The minimum absolute atomic E-state index is 0.200. The molecule has 0 aliphatic rings. The Hall–Kier alpha value is -1.26. The molecule has 0 spiro atoms. The van der Waals surface area contributed by atoms with Crippen molar-refractivity contribution in [1.29, 1.82) is 0 Å². The average molecular weight is 355 g/mol. The summed E-state index contributed by atoms with van der Waals surface area (Å²) in [6, 6.07) is 8.07. The maximum absolute atomic E-state index is 11.8. The van der Waals surface area contributed by atoms with Crippen molar-refractivity contribution in [1.82, 2.24) is 10.6 Å². The molecule has 2 atom stereocenters. The molecule has 5 heteroatoms. The van der Waals surface area contributed by atoms with E-state index in [1.807, 2.05) is 39.0 Å². The van der Waals surface area contributed by atoms with Gasteiger partial charge in [-0.25, -0.2) is 4.79 Å². The second-order valence-electron chi connectivity index (χ2n) is 7.57. The lowest BCUT2D eigenvalue weighted by Crippen LogP contribution is -2.40. The molecule has 0 fully saturated rings. The zero-order valence-corrected chi connectivity index (χ0v) is 16.4. The molecule has 2 unspecified atom stereocenters. The van der Waals surface area contributed by atoms with Gasteiger partial charge in [0.05, 0.1) is 0 Å². The van der Waals surface area contributed by atoms with Gasteiger partial charge in [-0.1, -0.05) is 37.6 Å². The first-order valence-corrected chi connectivity index (χ1v) is 8.92. The van der Waals surface area contributed by atoms with E-state index in [-0.39, 0.29) is 12.1 Å². The second kappa shape index (κ2) is 9.28. The summed E-state index contributed by atoms with van der Waals surface area (Å²) in [4.78, 5) is 11.8. The summed E-state index contributed by atoms with van der Waals surface area (Å²) >= 11 is 6.05. The van der Waals surface area contributed by atoms with E-state index in [1.165, 1.54) is 0 Å². The van der Waals surface area contributed by atoms with Crippen LogP contribution < -0.4 is 10.6 Å². The summed E-state index contributed by atoms with van der Waals surface area (Å²) in [7, 11) is 0. The number of hydrogen-bond acceptors (Lipinski definition) is 3. The summed E-state index contributed by atoms with van der Waals surface area (Å²) in [6.07, 6.45) is -0.365. The summed E-state index contributed by atoms with van der Waals surface area (Å²) < 4.78 is 5.29. The zero-order chi connectivity index (χ0) is 18.3. The molecule has 136 valence electrons. The molecule has 0 aliphatic carbocycles. The highest BCUT2D eigenvalue weighted by molar-refractivity contribution is 6.30. The van der Waals surface area contributed by atoms with Gasteiger partial charge in [0.15, 0.2) is 0 Å². The average Bonchev–Trinajstić information content (AvgIpc) is 2.44. The van der Waals surface area contributed by atoms with Gasteiger partial charge in [0.2, 0.25) is 0 Å². The van der Waals surface area contributed by atoms with E-state index in [9.17, 15) is 4.79 Å². The molecule has 0 bridgehead atoms. The maximum Gasteiger partial charge on any atom is 0.407 e. The van der Waals surface area contributed by atoms with Crippen molar-refractivity contribution in [3.05, 3.63) is 34.9 Å². The van der Waals surface area contributed by atoms with Gasteiger partial charge in [-0.3, -0.25) is 0 Å². The fourth-order valence-electron chi connectivity index (χ4n) is 2.29. The first kappa shape index (κ1) is 20.8. The number of amides is 1. The number of nitrogens with one attached hydrogen (secondary N) is 2. The number of ether oxygens (including phenoxy) is 1. The van der Waals surface area contributed by atoms with E-state index in [0.717, 1.165) is 17.1 Å². The van der Waals surface area contributed by atoms with Crippen molar-refractivity contribution >= 4 is 17.7 Å². The monoisotopic (exact) mass is 354 g/mol. The number of alkyl carbamates (subject to hydrolysis) is 1. The number of benzene rings is 1. The SMILES string of the molecule is CC(NCC(CNC(=O)OC(C)(C)C)C(C)C)c1cccc(Cl)c1. The number of hydrogen-bond donors (Lipinski definition) is 2. The molecule has 1 rings (SSSR count). The van der Waals surface area contributed by atoms with Gasteiger partial charge in [-0.15, -0.1) is 0 Å². The van der Waals surface area contributed by atoms with E-state index in [0.29, 0.717) is 18.4 Å². The summed E-state index contributed by atoms with van der Waals surface area (Å²) in [5.41, 5.74) is 0.682. The van der Waals surface area contributed by atoms with Crippen LogP contribution in [0.15, 0.2) is 24.3 Å². The summed E-state index contributed by atoms with van der Waals surface area (Å²) in [5.74, 6) is 0.762. The van der Waals surface area contributed by atoms with Crippen molar-refractivity contribution in [3.8, 4) is 0 Å². The highest BCUT2D eigenvalue weighted by Crippen LogP contribution is 2.18. The van der Waals surface area contributed by atoms with Crippen LogP contribution in [-0.2, 0) is 4.74 Å². The van der Waals surface area contributed by atoms with Gasteiger partial charge < -0.3 is 15.4 Å². The van der Waals surface area contributed by atoms with Crippen LogP contribution in [0.3, 0.4) is 0 Å². The number of rotatable bonds is 7. The molecule has 0 radical (unpaired) electrons. The second-order valence-corrected chi connectivity index (χ2v) is 8.01. The molecule has 0 aromatic heterocycles. The Labute approximate surface area is 151 Å². The molecule has 24 heavy (non-hydrogen) atoms. The van der Waals surface area contributed by atoms with Gasteiger partial charge in [-0.05, 0) is 57.2 Å². The molecule has 0 saturated carbocycles. The number of halogens is 1. The topological polar surface area (TPSA) is 50.4 Å². The quantitative estimate of drug-likeness (QED) is 0.740. The molecular formula is C19H31ClN2O2. The Bertz CT molecular complexity index is 526. The Morgan fingerprint density at radius 1 is 1.21 bits per heavy atom. The third kappa shape index (κ3) is 8.02. The molecule has 0 saturated heterocycles. The van der Waals surface area contributed by atoms with Crippen LogP contribution in [0.1, 0.15) is 53.1 Å². The summed E-state index contributed by atoms with van der Waals surface area (Å²) in [5, 5.41) is 7.14. The smallest absolute Gasteiger partial charge is 0.407 e. The van der Waals surface area contributed by atoms with Crippen LogP contribution in [0.2, 0.25) is 5.02 Å². The number of carbonyl (C=O) groups is 1. The van der Waals surface area contributed by atoms with Crippen LogP contribution in [0.25, 0.3) is 0 Å². The maximum atomic E-state index is 11.8. The molecule has 0 heterocycles. The van der Waals surface area contributed by atoms with Crippen molar-refractivity contribution in [2.24, 2.45) is 11.8 Å². The normalized spacial score (nSPS) is 14.3. The largest absolute Gasteiger partial charge is 0.444 e. The minimum Gasteiger partial charge on any atom is -0.444 e. The Morgan fingerprint density at radius 2 is 1.88 bits per heavy atom. The highest BCUT2D eigenvalue weighted by atomic mass is 35.5. The third-order valence-corrected chi connectivity index (χ3v) is 4.12. The van der Waals surface area contributed by atoms with Gasteiger partial charge in [0.1, 0.15) is 5.60 Å². The first-order valence-electron chi connectivity index (χ1n) is 8.54. The first-order chi connectivity index (χ1) is 11.1. The molecule has 1 aromatic rings. The van der Waals surface area contributed by atoms with Crippen molar-refractivity contribution in [2.45, 2.75) is 53.2 Å². The Kier molecular flexibility index (Phi) is 8.04. The molecule has 1 amide bonds. The molecule has 1 aromatic carbocycles. The van der Waals surface area contributed by atoms with Crippen LogP contribution >= 0.6 is 11.6 Å². The van der Waals surface area contributed by atoms with E-state index >= 15 is 0 Å². The Morgan fingerprint density at radius 3 is 2.42 bits per heavy atom. The lowest BCUT2D eigenvalue weighted by molar-refractivity contribution is 0.0514. The van der Waals surface area contributed by atoms with Crippen molar-refractivity contribution in [3.63, 3.8) is 0 Å². The zero-order valence-electron chi connectivity index (χ0n) is 15.7. The third-order valence-electron chi connectivity index (χ3n) is 3.89. The van der Waals surface area contributed by atoms with E-state index < -0.39 is 5.60 Å². The van der Waals surface area contributed by atoms with Gasteiger partial charge >= 0.3 is 6.09 Å². The summed E-state index contributed by atoms with van der Waals surface area (Å²) in [6.45, 7) is 13.4. The van der Waals surface area contributed by atoms with Gasteiger partial charge in [-0.2, -0.15) is 0 Å². The van der Waals surface area contributed by atoms with Crippen LogP contribution in [0.5, 0.6) is 0 Å². The molecule has 0 aliphatic heterocycles. The molecule has 4 nitrogen and oxygen atoms in total. The van der Waals surface area contributed by atoms with Crippen LogP contribution in [0.4, 0.5) is 4.79 Å². The lowest BCUT2D eigenvalue weighted by Gasteiger charge is -2.25. The van der Waals surface area contributed by atoms with Gasteiger partial charge in [0, 0.05) is 24.2 Å². The predicted octanol–water partition coefficient (Wildman–Crippen LogP) is 4.79. The fraction of sp³-hybridized carbons (Fsp3) is 0.632. The molecule has 2 N–H and O–H groups in total. The lowest BCUT2D eigenvalue weighted by atomic mass is 9.95. The van der Waals surface area contributed by atoms with Crippen molar-refractivity contribution < 1.29 is 9.53 Å². The fourth-order valence-corrected chi connectivity index (χ4v) is 2.49. The Balaban J connectivity index is 2.50.